The Morgan fingerprint density at radius 3 is 2.37 bits per heavy atom. The highest BCUT2D eigenvalue weighted by Gasteiger charge is 2.22. The molecule has 0 atom stereocenters. The number of benzene rings is 2. The normalized spacial score (nSPS) is 15.9. The molecule has 1 aliphatic rings. The van der Waals surface area contributed by atoms with E-state index in [-0.39, 0.29) is 0 Å². The highest BCUT2D eigenvalue weighted by molar-refractivity contribution is 5.65. The van der Waals surface area contributed by atoms with Crippen LogP contribution in [0.25, 0.3) is 5.70 Å². The molecule has 2 heteroatoms. The molecule has 1 fully saturated rings. The van der Waals surface area contributed by atoms with E-state index < -0.39 is 0 Å². The number of rotatable bonds is 6. The summed E-state index contributed by atoms with van der Waals surface area (Å²) in [6.07, 6.45) is 6.99. The predicted molar refractivity (Wildman–Crippen MR) is 115 cm³/mol. The minimum Gasteiger partial charge on any atom is -0.497 e. The molecule has 0 unspecified atom stereocenters. The van der Waals surface area contributed by atoms with Crippen molar-refractivity contribution in [2.75, 3.05) is 20.2 Å². The van der Waals surface area contributed by atoms with Crippen molar-refractivity contribution in [1.82, 2.24) is 4.90 Å². The molecule has 27 heavy (non-hydrogen) atoms. The van der Waals surface area contributed by atoms with Gasteiger partial charge in [-0.2, -0.15) is 0 Å². The molecular weight excluding hydrogens is 330 g/mol. The van der Waals surface area contributed by atoms with Crippen LogP contribution in [0, 0.1) is 6.92 Å². The summed E-state index contributed by atoms with van der Waals surface area (Å²) in [6, 6.07) is 15.6. The fourth-order valence-electron chi connectivity index (χ4n) is 4.16. The summed E-state index contributed by atoms with van der Waals surface area (Å²) in [4.78, 5) is 2.59. The molecule has 0 saturated carbocycles. The molecule has 0 radical (unpaired) electrons. The summed E-state index contributed by atoms with van der Waals surface area (Å²) in [5.41, 5.74) is 7.10. The van der Waals surface area contributed by atoms with Crippen LogP contribution in [0.3, 0.4) is 0 Å². The number of piperidine rings is 1. The van der Waals surface area contributed by atoms with E-state index >= 15 is 0 Å². The maximum Gasteiger partial charge on any atom is 0.118 e. The van der Waals surface area contributed by atoms with Crippen LogP contribution in [0.1, 0.15) is 61.3 Å². The first-order valence-electron chi connectivity index (χ1n) is 10.3. The van der Waals surface area contributed by atoms with Crippen molar-refractivity contribution in [3.8, 4) is 5.75 Å². The molecule has 0 amide bonds. The first kappa shape index (κ1) is 19.5. The Kier molecular flexibility index (Phi) is 6.60. The molecule has 2 aromatic rings. The lowest BCUT2D eigenvalue weighted by Gasteiger charge is -2.36. The minimum atomic E-state index is 0.652. The molecular formula is C25H33NO. The molecule has 3 rings (SSSR count). The van der Waals surface area contributed by atoms with Gasteiger partial charge in [0, 0.05) is 18.8 Å². The Balaban J connectivity index is 1.72. The lowest BCUT2D eigenvalue weighted by Crippen LogP contribution is -2.31. The maximum atomic E-state index is 5.29. The van der Waals surface area contributed by atoms with E-state index in [9.17, 15) is 0 Å². The molecule has 0 spiro atoms. The average Bonchev–Trinajstić information content (AvgIpc) is 2.73. The van der Waals surface area contributed by atoms with Crippen LogP contribution in [0.2, 0.25) is 0 Å². The first-order valence-corrected chi connectivity index (χ1v) is 10.3. The van der Waals surface area contributed by atoms with E-state index in [4.69, 9.17) is 4.74 Å². The van der Waals surface area contributed by atoms with Crippen LogP contribution in [0.5, 0.6) is 5.75 Å². The lowest BCUT2D eigenvalue weighted by molar-refractivity contribution is 0.298. The highest BCUT2D eigenvalue weighted by atomic mass is 16.5. The predicted octanol–water partition coefficient (Wildman–Crippen LogP) is 6.20. The highest BCUT2D eigenvalue weighted by Crippen LogP contribution is 2.33. The number of likely N-dealkylation sites (tertiary alicyclic amines) is 1. The number of allylic oxidation sites excluding steroid dienone is 1. The zero-order valence-electron chi connectivity index (χ0n) is 17.3. The number of aryl methyl sites for hydroxylation is 2. The molecule has 1 aliphatic heterocycles. The van der Waals surface area contributed by atoms with Gasteiger partial charge in [-0.1, -0.05) is 44.2 Å². The second-order valence-electron chi connectivity index (χ2n) is 7.53. The summed E-state index contributed by atoms with van der Waals surface area (Å²) < 4.78 is 5.29. The smallest absolute Gasteiger partial charge is 0.118 e. The van der Waals surface area contributed by atoms with Gasteiger partial charge in [0.1, 0.15) is 5.75 Å². The third kappa shape index (κ3) is 4.55. The largest absolute Gasteiger partial charge is 0.497 e. The van der Waals surface area contributed by atoms with E-state index in [1.165, 1.54) is 40.8 Å². The Hall–Kier alpha value is -2.22. The Morgan fingerprint density at radius 1 is 1.07 bits per heavy atom. The summed E-state index contributed by atoms with van der Waals surface area (Å²) >= 11 is 0. The first-order chi connectivity index (χ1) is 13.2. The van der Waals surface area contributed by atoms with Gasteiger partial charge in [-0.15, -0.1) is 0 Å². The molecule has 0 aliphatic carbocycles. The number of hydrogen-bond acceptors (Lipinski definition) is 2. The number of methoxy groups -OCH3 is 1. The molecule has 0 bridgehead atoms. The van der Waals surface area contributed by atoms with E-state index in [1.807, 2.05) is 0 Å². The van der Waals surface area contributed by atoms with Crippen molar-refractivity contribution in [2.45, 2.75) is 52.4 Å². The third-order valence-electron chi connectivity index (χ3n) is 5.85. The van der Waals surface area contributed by atoms with Crippen LogP contribution >= 0.6 is 0 Å². The Labute approximate surface area is 164 Å². The fraction of sp³-hybridized carbons (Fsp3) is 0.440. The lowest BCUT2D eigenvalue weighted by atomic mass is 9.88. The third-order valence-corrected chi connectivity index (χ3v) is 5.85. The Bertz CT molecular complexity index is 767. The van der Waals surface area contributed by atoms with E-state index in [2.05, 4.69) is 74.2 Å². The SMILES string of the molecule is CCC=C(c1ccc(C)c(CC)c1)N1CCC(c2ccc(OC)cc2)CC1. The second kappa shape index (κ2) is 9.12. The van der Waals surface area contributed by atoms with Gasteiger partial charge in [-0.3, -0.25) is 0 Å². The maximum absolute atomic E-state index is 5.29. The quantitative estimate of drug-likeness (QED) is 0.606. The van der Waals surface area contributed by atoms with Crippen molar-refractivity contribution < 1.29 is 4.74 Å². The van der Waals surface area contributed by atoms with Crippen LogP contribution < -0.4 is 4.74 Å². The van der Waals surface area contributed by atoms with E-state index in [0.717, 1.165) is 31.7 Å². The average molecular weight is 364 g/mol. The monoisotopic (exact) mass is 363 g/mol. The van der Waals surface area contributed by atoms with Crippen molar-refractivity contribution in [3.63, 3.8) is 0 Å². The van der Waals surface area contributed by atoms with Gasteiger partial charge in [0.05, 0.1) is 7.11 Å². The molecule has 1 heterocycles. The number of hydrogen-bond donors (Lipinski definition) is 0. The zero-order chi connectivity index (χ0) is 19.2. The van der Waals surface area contributed by atoms with Crippen LogP contribution in [0.4, 0.5) is 0 Å². The number of nitrogens with zero attached hydrogens (tertiary/aromatic N) is 1. The molecule has 0 aromatic heterocycles. The molecule has 1 saturated heterocycles. The van der Waals surface area contributed by atoms with Crippen LogP contribution in [-0.4, -0.2) is 25.1 Å². The summed E-state index contributed by atoms with van der Waals surface area (Å²) in [5.74, 6) is 1.59. The second-order valence-corrected chi connectivity index (χ2v) is 7.53. The molecule has 144 valence electrons. The summed E-state index contributed by atoms with van der Waals surface area (Å²) in [7, 11) is 1.73. The van der Waals surface area contributed by atoms with Crippen molar-refractivity contribution in [2.24, 2.45) is 0 Å². The Morgan fingerprint density at radius 2 is 1.78 bits per heavy atom. The topological polar surface area (TPSA) is 12.5 Å². The molecule has 0 N–H and O–H groups in total. The fourth-order valence-corrected chi connectivity index (χ4v) is 4.16. The van der Waals surface area contributed by atoms with Gasteiger partial charge < -0.3 is 9.64 Å². The van der Waals surface area contributed by atoms with Crippen molar-refractivity contribution >= 4 is 5.70 Å². The van der Waals surface area contributed by atoms with Crippen LogP contribution in [-0.2, 0) is 6.42 Å². The summed E-state index contributed by atoms with van der Waals surface area (Å²) in [5, 5.41) is 0. The van der Waals surface area contributed by atoms with Gasteiger partial charge in [0.2, 0.25) is 0 Å². The van der Waals surface area contributed by atoms with Crippen molar-refractivity contribution in [1.29, 1.82) is 0 Å². The minimum absolute atomic E-state index is 0.652. The van der Waals surface area contributed by atoms with Gasteiger partial charge in [-0.25, -0.2) is 0 Å². The van der Waals surface area contributed by atoms with E-state index in [0.29, 0.717) is 5.92 Å². The van der Waals surface area contributed by atoms with Gasteiger partial charge in [0.25, 0.3) is 0 Å². The summed E-state index contributed by atoms with van der Waals surface area (Å²) in [6.45, 7) is 8.94. The van der Waals surface area contributed by atoms with E-state index in [1.54, 1.807) is 7.11 Å². The van der Waals surface area contributed by atoms with Crippen molar-refractivity contribution in [3.05, 3.63) is 70.8 Å². The number of ether oxygens (including phenoxy) is 1. The molecule has 2 aromatic carbocycles. The van der Waals surface area contributed by atoms with Gasteiger partial charge in [0.15, 0.2) is 0 Å². The zero-order valence-corrected chi connectivity index (χ0v) is 17.3. The standard InChI is InChI=1S/C25H33NO/c1-5-7-25(23-9-8-19(3)20(6-2)18-23)26-16-14-22(15-17-26)21-10-12-24(27-4)13-11-21/h7-13,18,22H,5-6,14-17H2,1-4H3. The van der Waals surface area contributed by atoms with Gasteiger partial charge in [-0.05, 0) is 79.0 Å². The van der Waals surface area contributed by atoms with Crippen LogP contribution in [0.15, 0.2) is 48.5 Å². The molecule has 2 nitrogen and oxygen atoms in total. The van der Waals surface area contributed by atoms with Gasteiger partial charge >= 0.3 is 0 Å².